The number of aromatic nitrogens is 1. The largest absolute Gasteiger partial charge is 0.478 e. The smallest absolute Gasteiger partial charge is 0.339 e. The monoisotopic (exact) mass is 266 g/mol. The van der Waals surface area contributed by atoms with Crippen LogP contribution in [0.2, 0.25) is 0 Å². The summed E-state index contributed by atoms with van der Waals surface area (Å²) < 4.78 is 0. The van der Waals surface area contributed by atoms with Crippen LogP contribution < -0.4 is 4.90 Å². The molecule has 20 heavy (non-hydrogen) atoms. The third-order valence-electron chi connectivity index (χ3n) is 3.17. The fourth-order valence-electron chi connectivity index (χ4n) is 2.25. The molecular formula is C15H10N2O3. The summed E-state index contributed by atoms with van der Waals surface area (Å²) in [6.45, 7) is 3.88. The number of hydrogen-bond donors (Lipinski definition) is 1. The molecule has 1 aromatic carbocycles. The normalized spacial score (nSPS) is 13.5. The highest BCUT2D eigenvalue weighted by atomic mass is 16.4. The van der Waals surface area contributed by atoms with Crippen LogP contribution in [0.15, 0.2) is 49.2 Å². The van der Waals surface area contributed by atoms with Crippen LogP contribution in [0.1, 0.15) is 26.3 Å². The molecule has 2 heterocycles. The van der Waals surface area contributed by atoms with E-state index in [9.17, 15) is 14.7 Å². The van der Waals surface area contributed by atoms with Gasteiger partial charge in [-0.05, 0) is 18.2 Å². The van der Waals surface area contributed by atoms with E-state index in [2.05, 4.69) is 11.6 Å². The van der Waals surface area contributed by atoms with Crippen LogP contribution in [0.5, 0.6) is 0 Å². The summed E-state index contributed by atoms with van der Waals surface area (Å²) in [5, 5.41) is 9.21. The van der Waals surface area contributed by atoms with Gasteiger partial charge in [0.2, 0.25) is 0 Å². The molecule has 0 saturated heterocycles. The van der Waals surface area contributed by atoms with E-state index in [1.165, 1.54) is 23.2 Å². The summed E-state index contributed by atoms with van der Waals surface area (Å²) in [5.41, 5.74) is 1.60. The second-order valence-electron chi connectivity index (χ2n) is 4.31. The van der Waals surface area contributed by atoms with Gasteiger partial charge in [-0.25, -0.2) is 9.78 Å². The number of carboxylic acids is 1. The lowest BCUT2D eigenvalue weighted by Gasteiger charge is -2.17. The van der Waals surface area contributed by atoms with Crippen LogP contribution in [0, 0.1) is 0 Å². The molecule has 1 aliphatic heterocycles. The second kappa shape index (κ2) is 4.31. The number of aromatic carboxylic acids is 1. The Balaban J connectivity index is 2.17. The Morgan fingerprint density at radius 2 is 1.85 bits per heavy atom. The first-order chi connectivity index (χ1) is 9.61. The first-order valence-electron chi connectivity index (χ1n) is 5.92. The SMILES string of the molecule is C=C1c2ccccc2C(=O)N1c1ncccc1C(=O)O. The first-order valence-corrected chi connectivity index (χ1v) is 5.92. The van der Waals surface area contributed by atoms with Crippen molar-refractivity contribution >= 4 is 23.4 Å². The summed E-state index contributed by atoms with van der Waals surface area (Å²) in [4.78, 5) is 28.9. The summed E-state index contributed by atoms with van der Waals surface area (Å²) in [6, 6.07) is 9.95. The molecule has 1 aromatic heterocycles. The molecule has 0 atom stereocenters. The molecule has 1 amide bonds. The third-order valence-corrected chi connectivity index (χ3v) is 3.17. The number of carbonyl (C=O) groups excluding carboxylic acids is 1. The average Bonchev–Trinajstić information content (AvgIpc) is 2.71. The average molecular weight is 266 g/mol. The zero-order chi connectivity index (χ0) is 14.3. The quantitative estimate of drug-likeness (QED) is 0.906. The maximum Gasteiger partial charge on any atom is 0.339 e. The molecule has 1 aliphatic rings. The van der Waals surface area contributed by atoms with Crippen molar-refractivity contribution in [3.8, 4) is 0 Å². The van der Waals surface area contributed by atoms with Crippen molar-refractivity contribution in [3.05, 3.63) is 65.9 Å². The predicted octanol–water partition coefficient (Wildman–Crippen LogP) is 2.41. The Kier molecular flexibility index (Phi) is 2.61. The number of fused-ring (bicyclic) bond motifs is 1. The molecule has 1 N–H and O–H groups in total. The lowest BCUT2D eigenvalue weighted by molar-refractivity contribution is 0.0697. The van der Waals surface area contributed by atoms with Crippen molar-refractivity contribution < 1.29 is 14.7 Å². The van der Waals surface area contributed by atoms with E-state index in [1.54, 1.807) is 24.3 Å². The molecule has 3 rings (SSSR count). The van der Waals surface area contributed by atoms with Gasteiger partial charge in [-0.1, -0.05) is 24.8 Å². The Hall–Kier alpha value is -2.95. The Morgan fingerprint density at radius 3 is 2.50 bits per heavy atom. The van der Waals surface area contributed by atoms with Gasteiger partial charge in [-0.15, -0.1) is 0 Å². The van der Waals surface area contributed by atoms with Gasteiger partial charge in [-0.3, -0.25) is 9.69 Å². The standard InChI is InChI=1S/C15H10N2O3/c1-9-10-5-2-3-6-11(10)14(18)17(9)13-12(15(19)20)7-4-8-16-13/h2-8H,1H2,(H,19,20). The van der Waals surface area contributed by atoms with E-state index >= 15 is 0 Å². The van der Waals surface area contributed by atoms with Crippen LogP contribution in [-0.4, -0.2) is 22.0 Å². The lowest BCUT2D eigenvalue weighted by atomic mass is 10.1. The Morgan fingerprint density at radius 1 is 1.15 bits per heavy atom. The van der Waals surface area contributed by atoms with E-state index in [0.717, 1.165) is 0 Å². The minimum absolute atomic E-state index is 0.0326. The molecule has 0 bridgehead atoms. The molecular weight excluding hydrogens is 256 g/mol. The number of carbonyl (C=O) groups is 2. The molecule has 5 heteroatoms. The van der Waals surface area contributed by atoms with Crippen LogP contribution in [0.4, 0.5) is 5.82 Å². The molecule has 0 unspecified atom stereocenters. The van der Waals surface area contributed by atoms with Gasteiger partial charge in [0.25, 0.3) is 5.91 Å². The maximum atomic E-state index is 12.4. The number of rotatable bonds is 2. The highest BCUT2D eigenvalue weighted by Crippen LogP contribution is 2.35. The summed E-state index contributed by atoms with van der Waals surface area (Å²) in [5.74, 6) is -1.36. The summed E-state index contributed by atoms with van der Waals surface area (Å²) >= 11 is 0. The predicted molar refractivity (Wildman–Crippen MR) is 73.5 cm³/mol. The number of carboxylic acid groups (broad SMARTS) is 1. The van der Waals surface area contributed by atoms with Crippen LogP contribution >= 0.6 is 0 Å². The van der Waals surface area contributed by atoms with Crippen LogP contribution in [0.25, 0.3) is 5.70 Å². The van der Waals surface area contributed by atoms with Gasteiger partial charge in [0.05, 0.1) is 5.70 Å². The zero-order valence-corrected chi connectivity index (χ0v) is 10.4. The summed E-state index contributed by atoms with van der Waals surface area (Å²) in [7, 11) is 0. The Labute approximate surface area is 114 Å². The summed E-state index contributed by atoms with van der Waals surface area (Å²) in [6.07, 6.45) is 1.45. The molecule has 0 aliphatic carbocycles. The van der Waals surface area contributed by atoms with Gasteiger partial charge < -0.3 is 5.11 Å². The van der Waals surface area contributed by atoms with Crippen molar-refractivity contribution in [2.45, 2.75) is 0 Å². The first kappa shape index (κ1) is 12.1. The number of hydrogen-bond acceptors (Lipinski definition) is 3. The zero-order valence-electron chi connectivity index (χ0n) is 10.4. The van der Waals surface area contributed by atoms with Gasteiger partial charge >= 0.3 is 5.97 Å². The van der Waals surface area contributed by atoms with Crippen LogP contribution in [-0.2, 0) is 0 Å². The fraction of sp³-hybridized carbons (Fsp3) is 0. The van der Waals surface area contributed by atoms with Crippen molar-refractivity contribution in [1.29, 1.82) is 0 Å². The molecule has 0 spiro atoms. The Bertz CT molecular complexity index is 717. The molecule has 0 saturated carbocycles. The van der Waals surface area contributed by atoms with Crippen molar-refractivity contribution in [3.63, 3.8) is 0 Å². The molecule has 2 aromatic rings. The molecule has 98 valence electrons. The number of anilines is 1. The third kappa shape index (κ3) is 1.60. The van der Waals surface area contributed by atoms with Crippen molar-refractivity contribution in [2.75, 3.05) is 4.90 Å². The minimum atomic E-state index is -1.13. The molecule has 0 radical (unpaired) electrons. The number of pyridine rings is 1. The number of benzene rings is 1. The molecule has 0 fully saturated rings. The van der Waals surface area contributed by atoms with E-state index < -0.39 is 5.97 Å². The number of nitrogens with zero attached hydrogens (tertiary/aromatic N) is 2. The minimum Gasteiger partial charge on any atom is -0.478 e. The highest BCUT2D eigenvalue weighted by molar-refractivity contribution is 6.22. The number of amides is 1. The highest BCUT2D eigenvalue weighted by Gasteiger charge is 2.34. The van der Waals surface area contributed by atoms with Crippen LogP contribution in [0.3, 0.4) is 0 Å². The van der Waals surface area contributed by atoms with Gasteiger partial charge in [0.15, 0.2) is 5.82 Å². The van der Waals surface area contributed by atoms with E-state index in [1.807, 2.05) is 0 Å². The fourth-order valence-corrected chi connectivity index (χ4v) is 2.25. The second-order valence-corrected chi connectivity index (χ2v) is 4.31. The maximum absolute atomic E-state index is 12.4. The van der Waals surface area contributed by atoms with Gasteiger partial charge in [-0.2, -0.15) is 0 Å². The molecule has 5 nitrogen and oxygen atoms in total. The van der Waals surface area contributed by atoms with Crippen molar-refractivity contribution in [2.24, 2.45) is 0 Å². The topological polar surface area (TPSA) is 70.5 Å². The van der Waals surface area contributed by atoms with Crippen molar-refractivity contribution in [1.82, 2.24) is 4.98 Å². The van der Waals surface area contributed by atoms with Gasteiger partial charge in [0.1, 0.15) is 5.56 Å². The lowest BCUT2D eigenvalue weighted by Crippen LogP contribution is -2.25. The van der Waals surface area contributed by atoms with E-state index in [4.69, 9.17) is 0 Å². The van der Waals surface area contributed by atoms with Gasteiger partial charge in [0, 0.05) is 17.3 Å². The van der Waals surface area contributed by atoms with E-state index in [-0.39, 0.29) is 17.3 Å². The van der Waals surface area contributed by atoms with E-state index in [0.29, 0.717) is 16.8 Å².